The molecular weight excluding hydrogens is 389 g/mol. The third-order valence-corrected chi connectivity index (χ3v) is 3.22. The van der Waals surface area contributed by atoms with Crippen LogP contribution >= 0.6 is 24.0 Å². The first-order valence-electron chi connectivity index (χ1n) is 7.87. The van der Waals surface area contributed by atoms with Crippen LogP contribution in [0.3, 0.4) is 0 Å². The summed E-state index contributed by atoms with van der Waals surface area (Å²) in [5.74, 6) is 0.824. The Labute approximate surface area is 151 Å². The molecule has 0 aliphatic rings. The number of hydrogen-bond acceptors (Lipinski definition) is 2. The van der Waals surface area contributed by atoms with Gasteiger partial charge in [-0.1, -0.05) is 43.2 Å². The Hall–Kier alpha value is -0.820. The molecule has 1 aromatic carbocycles. The van der Waals surface area contributed by atoms with Gasteiger partial charge in [0.2, 0.25) is 0 Å². The van der Waals surface area contributed by atoms with E-state index < -0.39 is 0 Å². The smallest absolute Gasteiger partial charge is 0.191 e. The number of guanidine groups is 1. The van der Waals surface area contributed by atoms with Crippen molar-refractivity contribution in [3.05, 3.63) is 35.4 Å². The van der Waals surface area contributed by atoms with Gasteiger partial charge in [-0.15, -0.1) is 24.0 Å². The topological polar surface area (TPSA) is 56.7 Å². The van der Waals surface area contributed by atoms with Gasteiger partial charge in [0.15, 0.2) is 5.96 Å². The van der Waals surface area contributed by atoms with Gasteiger partial charge in [-0.25, -0.2) is 4.99 Å². The van der Waals surface area contributed by atoms with Crippen LogP contribution in [0.15, 0.2) is 29.3 Å². The van der Waals surface area contributed by atoms with Crippen LogP contribution in [0.5, 0.6) is 0 Å². The lowest BCUT2D eigenvalue weighted by atomic mass is 10.1. The van der Waals surface area contributed by atoms with Gasteiger partial charge in [0.05, 0.1) is 12.6 Å². The van der Waals surface area contributed by atoms with E-state index in [2.05, 4.69) is 53.7 Å². The third-order valence-electron chi connectivity index (χ3n) is 3.22. The van der Waals surface area contributed by atoms with Crippen molar-refractivity contribution >= 4 is 29.9 Å². The van der Waals surface area contributed by atoms with Crippen molar-refractivity contribution in [1.82, 2.24) is 10.6 Å². The quantitative estimate of drug-likeness (QED) is 0.263. The van der Waals surface area contributed by atoms with E-state index in [0.717, 1.165) is 38.3 Å². The van der Waals surface area contributed by atoms with E-state index in [1.54, 1.807) is 6.92 Å². The van der Waals surface area contributed by atoms with Crippen molar-refractivity contribution < 1.29 is 5.11 Å². The molecule has 5 heteroatoms. The Morgan fingerprint density at radius 2 is 1.82 bits per heavy atom. The zero-order valence-corrected chi connectivity index (χ0v) is 16.3. The molecule has 0 spiro atoms. The molecule has 0 bridgehead atoms. The van der Waals surface area contributed by atoms with E-state index in [-0.39, 0.29) is 30.1 Å². The van der Waals surface area contributed by atoms with Crippen LogP contribution in [-0.4, -0.2) is 30.3 Å². The largest absolute Gasteiger partial charge is 0.393 e. The number of benzene rings is 1. The minimum Gasteiger partial charge on any atom is -0.393 e. The highest BCUT2D eigenvalue weighted by Gasteiger charge is 2.00. The number of aliphatic imine (C=N–C) groups is 1. The van der Waals surface area contributed by atoms with Gasteiger partial charge in [0.1, 0.15) is 0 Å². The molecule has 0 aromatic heterocycles. The maximum absolute atomic E-state index is 9.31. The minimum atomic E-state index is -0.286. The fourth-order valence-electron chi connectivity index (χ4n) is 1.82. The molecule has 22 heavy (non-hydrogen) atoms. The van der Waals surface area contributed by atoms with Crippen molar-refractivity contribution in [3.8, 4) is 0 Å². The van der Waals surface area contributed by atoms with Gasteiger partial charge in [0, 0.05) is 13.1 Å². The van der Waals surface area contributed by atoms with Crippen LogP contribution in [-0.2, 0) is 6.54 Å². The van der Waals surface area contributed by atoms with Crippen LogP contribution in [0.4, 0.5) is 0 Å². The lowest BCUT2D eigenvalue weighted by Gasteiger charge is -2.13. The highest BCUT2D eigenvalue weighted by Crippen LogP contribution is 2.04. The van der Waals surface area contributed by atoms with Crippen molar-refractivity contribution in [2.75, 3.05) is 13.1 Å². The fraction of sp³-hybridized carbons (Fsp3) is 0.588. The summed E-state index contributed by atoms with van der Waals surface area (Å²) in [6.45, 7) is 8.37. The zero-order chi connectivity index (χ0) is 15.5. The van der Waals surface area contributed by atoms with Crippen molar-refractivity contribution in [1.29, 1.82) is 0 Å². The van der Waals surface area contributed by atoms with Crippen LogP contribution in [0, 0.1) is 6.92 Å². The molecule has 3 N–H and O–H groups in total. The summed E-state index contributed by atoms with van der Waals surface area (Å²) in [6, 6.07) is 8.43. The first-order chi connectivity index (χ1) is 10.1. The van der Waals surface area contributed by atoms with Gasteiger partial charge in [-0.2, -0.15) is 0 Å². The number of rotatable bonds is 8. The monoisotopic (exact) mass is 419 g/mol. The number of unbranched alkanes of at least 4 members (excludes halogenated alkanes) is 1. The molecule has 1 atom stereocenters. The van der Waals surface area contributed by atoms with Crippen LogP contribution < -0.4 is 10.6 Å². The average Bonchev–Trinajstić information content (AvgIpc) is 2.45. The Kier molecular flexibility index (Phi) is 12.2. The molecule has 0 heterocycles. The van der Waals surface area contributed by atoms with E-state index in [1.807, 2.05) is 0 Å². The second-order valence-electron chi connectivity index (χ2n) is 5.50. The van der Waals surface area contributed by atoms with Crippen LogP contribution in [0.1, 0.15) is 44.2 Å². The third kappa shape index (κ3) is 10.00. The van der Waals surface area contributed by atoms with E-state index in [4.69, 9.17) is 0 Å². The second-order valence-corrected chi connectivity index (χ2v) is 5.50. The van der Waals surface area contributed by atoms with Crippen LogP contribution in [0.2, 0.25) is 0 Å². The Bertz CT molecular complexity index is 418. The van der Waals surface area contributed by atoms with Crippen molar-refractivity contribution in [3.63, 3.8) is 0 Å². The van der Waals surface area contributed by atoms with Crippen molar-refractivity contribution in [2.45, 2.75) is 52.7 Å². The predicted molar refractivity (Wildman–Crippen MR) is 105 cm³/mol. The summed E-state index contributed by atoms with van der Waals surface area (Å²) < 4.78 is 0. The second kappa shape index (κ2) is 12.7. The minimum absolute atomic E-state index is 0. The number of aliphatic hydroxyl groups is 1. The van der Waals surface area contributed by atoms with E-state index in [0.29, 0.717) is 6.54 Å². The normalized spacial score (nSPS) is 12.5. The molecule has 0 radical (unpaired) electrons. The van der Waals surface area contributed by atoms with Crippen LogP contribution in [0.25, 0.3) is 0 Å². The molecule has 0 aliphatic carbocycles. The standard InChI is InChI=1S/C17H29N3O.HI/c1-4-5-11-18-17(19-12-10-15(3)21)20-13-16-8-6-14(2)7-9-16;/h6-9,15,21H,4-5,10-13H2,1-3H3,(H2,18,19,20);1H. The molecule has 0 saturated carbocycles. The van der Waals surface area contributed by atoms with Gasteiger partial charge >= 0.3 is 0 Å². The van der Waals surface area contributed by atoms with E-state index >= 15 is 0 Å². The fourth-order valence-corrected chi connectivity index (χ4v) is 1.82. The average molecular weight is 419 g/mol. The summed E-state index contributed by atoms with van der Waals surface area (Å²) in [6.07, 6.45) is 2.72. The van der Waals surface area contributed by atoms with Gasteiger partial charge in [-0.05, 0) is 32.3 Å². The zero-order valence-electron chi connectivity index (χ0n) is 13.9. The van der Waals surface area contributed by atoms with Gasteiger partial charge in [0.25, 0.3) is 0 Å². The Morgan fingerprint density at radius 3 is 2.41 bits per heavy atom. The summed E-state index contributed by atoms with van der Waals surface area (Å²) in [5, 5.41) is 15.9. The maximum atomic E-state index is 9.31. The molecule has 1 unspecified atom stereocenters. The SMILES string of the molecule is CCCCNC(=NCc1ccc(C)cc1)NCCC(C)O.I. The Morgan fingerprint density at radius 1 is 1.18 bits per heavy atom. The first kappa shape index (κ1) is 21.2. The molecule has 4 nitrogen and oxygen atoms in total. The molecular formula is C17H30IN3O. The van der Waals surface area contributed by atoms with E-state index in [1.165, 1.54) is 11.1 Å². The summed E-state index contributed by atoms with van der Waals surface area (Å²) in [7, 11) is 0. The lowest BCUT2D eigenvalue weighted by Crippen LogP contribution is -2.39. The number of aliphatic hydroxyl groups excluding tert-OH is 1. The molecule has 0 saturated heterocycles. The number of halogens is 1. The molecule has 0 fully saturated rings. The number of aryl methyl sites for hydroxylation is 1. The molecule has 0 amide bonds. The maximum Gasteiger partial charge on any atom is 0.191 e. The van der Waals surface area contributed by atoms with Crippen molar-refractivity contribution in [2.24, 2.45) is 4.99 Å². The predicted octanol–water partition coefficient (Wildman–Crippen LogP) is 3.22. The number of nitrogens with one attached hydrogen (secondary N) is 2. The Balaban J connectivity index is 0.00000441. The molecule has 0 aliphatic heterocycles. The molecule has 1 rings (SSSR count). The number of hydrogen-bond donors (Lipinski definition) is 3. The number of nitrogens with zero attached hydrogens (tertiary/aromatic N) is 1. The summed E-state index contributed by atoms with van der Waals surface area (Å²) in [5.41, 5.74) is 2.46. The van der Waals surface area contributed by atoms with Gasteiger partial charge < -0.3 is 15.7 Å². The van der Waals surface area contributed by atoms with E-state index in [9.17, 15) is 5.11 Å². The summed E-state index contributed by atoms with van der Waals surface area (Å²) >= 11 is 0. The molecule has 126 valence electrons. The summed E-state index contributed by atoms with van der Waals surface area (Å²) in [4.78, 5) is 4.61. The highest BCUT2D eigenvalue weighted by molar-refractivity contribution is 14.0. The lowest BCUT2D eigenvalue weighted by molar-refractivity contribution is 0.185. The van der Waals surface area contributed by atoms with Gasteiger partial charge in [-0.3, -0.25) is 0 Å². The molecule has 1 aromatic rings. The highest BCUT2D eigenvalue weighted by atomic mass is 127. The first-order valence-corrected chi connectivity index (χ1v) is 7.87.